The summed E-state index contributed by atoms with van der Waals surface area (Å²) in [6.45, 7) is 0. The van der Waals surface area contributed by atoms with E-state index in [-0.39, 0.29) is 23.8 Å². The van der Waals surface area contributed by atoms with Crippen LogP contribution in [-0.4, -0.2) is 69.8 Å². The van der Waals surface area contributed by atoms with Gasteiger partial charge in [-0.25, -0.2) is 0 Å². The quantitative estimate of drug-likeness (QED) is 0.543. The topological polar surface area (TPSA) is 97.0 Å². The number of nitrogens with zero attached hydrogens (tertiary/aromatic N) is 3. The maximum Gasteiger partial charge on any atom is 0.416 e. The van der Waals surface area contributed by atoms with E-state index in [4.69, 9.17) is 4.74 Å². The highest BCUT2D eigenvalue weighted by molar-refractivity contribution is 5.94. The molecule has 2 fully saturated rings. The SMILES string of the molecule is CN(C(=O)C#Cc1ccc(C(F)(F)F)cc1)[C@@H]1CC[C@@]2(O)[C@H]3Cc4ccc(O)c5c4[C@@]2(CC(C#N)N3C)[C@H]1O5. The molecule has 4 aliphatic rings. The standard InChI is InChI=1S/C29H26F3N3O4/c1-34-19(15-33)14-27-24-17-6-9-21(36)25(24)39-26(27)20(11-12-28(27,38)22(34)13-17)35(2)23(37)10-5-16-3-7-18(8-4-16)29(30,31)32/h3-4,6-9,19-20,22,26,36,38H,11-14H2,1-2H3/t19?,20-,22-,26+,27+,28-/m1/s1. The lowest BCUT2D eigenvalue weighted by atomic mass is 9.47. The smallest absolute Gasteiger partial charge is 0.416 e. The van der Waals surface area contributed by atoms with Crippen LogP contribution in [0.15, 0.2) is 36.4 Å². The summed E-state index contributed by atoms with van der Waals surface area (Å²) in [5.74, 6) is 4.84. The predicted octanol–water partition coefficient (Wildman–Crippen LogP) is 2.97. The Morgan fingerprint density at radius 3 is 2.62 bits per heavy atom. The summed E-state index contributed by atoms with van der Waals surface area (Å²) in [4.78, 5) is 16.6. The highest BCUT2D eigenvalue weighted by atomic mass is 19.4. The van der Waals surface area contributed by atoms with E-state index in [1.165, 1.54) is 17.0 Å². The average molecular weight is 538 g/mol. The van der Waals surface area contributed by atoms with Gasteiger partial charge in [-0.05, 0) is 68.6 Å². The van der Waals surface area contributed by atoms with Gasteiger partial charge in [0.25, 0.3) is 5.91 Å². The number of likely N-dealkylation sites (N-methyl/N-ethyl adjacent to an activating group) is 2. The second kappa shape index (κ2) is 8.38. The summed E-state index contributed by atoms with van der Waals surface area (Å²) in [5.41, 5.74) is -1.11. The van der Waals surface area contributed by atoms with Crippen LogP contribution in [0.4, 0.5) is 13.2 Å². The predicted molar refractivity (Wildman–Crippen MR) is 133 cm³/mol. The van der Waals surface area contributed by atoms with Crippen LogP contribution in [0.25, 0.3) is 0 Å². The van der Waals surface area contributed by atoms with Crippen molar-refractivity contribution < 1.29 is 32.9 Å². The van der Waals surface area contributed by atoms with Gasteiger partial charge >= 0.3 is 6.18 Å². The van der Waals surface area contributed by atoms with Gasteiger partial charge in [-0.15, -0.1) is 0 Å². The van der Waals surface area contributed by atoms with Crippen LogP contribution in [0.2, 0.25) is 0 Å². The number of rotatable bonds is 1. The molecule has 1 unspecified atom stereocenters. The van der Waals surface area contributed by atoms with Crippen LogP contribution >= 0.6 is 0 Å². The zero-order valence-corrected chi connectivity index (χ0v) is 21.3. The van der Waals surface area contributed by atoms with Crippen molar-refractivity contribution in [2.45, 2.75) is 67.1 Å². The molecule has 2 aromatic carbocycles. The molecule has 1 amide bonds. The van der Waals surface area contributed by atoms with Crippen molar-refractivity contribution >= 4 is 5.91 Å². The Hall–Kier alpha value is -3.73. The van der Waals surface area contributed by atoms with E-state index in [9.17, 15) is 33.4 Å². The molecule has 0 aromatic heterocycles. The number of hydrogen-bond donors (Lipinski definition) is 2. The first-order valence-electron chi connectivity index (χ1n) is 12.7. The number of nitriles is 1. The molecule has 1 saturated heterocycles. The summed E-state index contributed by atoms with van der Waals surface area (Å²) >= 11 is 0. The third-order valence-corrected chi connectivity index (χ3v) is 9.30. The maximum absolute atomic E-state index is 13.2. The van der Waals surface area contributed by atoms with Crippen molar-refractivity contribution in [3.8, 4) is 29.4 Å². The minimum atomic E-state index is -4.46. The van der Waals surface area contributed by atoms with Gasteiger partial charge in [0.2, 0.25) is 0 Å². The summed E-state index contributed by atoms with van der Waals surface area (Å²) in [6.07, 6.45) is -3.66. The fraction of sp³-hybridized carbons (Fsp3) is 0.448. The molecule has 202 valence electrons. The summed E-state index contributed by atoms with van der Waals surface area (Å²) in [7, 11) is 3.43. The second-order valence-corrected chi connectivity index (χ2v) is 11.0. The number of ether oxygens (including phenoxy) is 1. The van der Waals surface area contributed by atoms with Gasteiger partial charge in [0.05, 0.1) is 34.7 Å². The molecule has 0 radical (unpaired) electrons. The van der Waals surface area contributed by atoms with Crippen LogP contribution in [0.5, 0.6) is 11.5 Å². The fourth-order valence-electron chi connectivity index (χ4n) is 7.40. The van der Waals surface area contributed by atoms with Crippen molar-refractivity contribution in [3.63, 3.8) is 0 Å². The highest BCUT2D eigenvalue weighted by Crippen LogP contribution is 2.66. The summed E-state index contributed by atoms with van der Waals surface area (Å²) in [5, 5.41) is 33.0. The molecule has 1 spiro atoms. The lowest BCUT2D eigenvalue weighted by molar-refractivity contribution is -0.202. The molecule has 2 aliphatic heterocycles. The normalized spacial score (nSPS) is 32.2. The van der Waals surface area contributed by atoms with Gasteiger partial charge in [0, 0.05) is 30.1 Å². The van der Waals surface area contributed by atoms with Crippen molar-refractivity contribution in [2.75, 3.05) is 14.1 Å². The number of alkyl halides is 3. The van der Waals surface area contributed by atoms with Gasteiger partial charge in [-0.1, -0.05) is 12.0 Å². The molecule has 2 N–H and O–H groups in total. The highest BCUT2D eigenvalue weighted by Gasteiger charge is 2.74. The first kappa shape index (κ1) is 25.5. The van der Waals surface area contributed by atoms with Crippen LogP contribution in [0, 0.1) is 23.2 Å². The first-order valence-corrected chi connectivity index (χ1v) is 12.7. The molecule has 39 heavy (non-hydrogen) atoms. The maximum atomic E-state index is 13.2. The van der Waals surface area contributed by atoms with Crippen molar-refractivity contribution in [3.05, 3.63) is 58.7 Å². The molecular weight excluding hydrogens is 511 g/mol. The van der Waals surface area contributed by atoms with Gasteiger partial charge in [-0.3, -0.25) is 9.69 Å². The molecule has 2 bridgehead atoms. The Morgan fingerprint density at radius 2 is 1.95 bits per heavy atom. The molecule has 2 heterocycles. The lowest BCUT2D eigenvalue weighted by Crippen LogP contribution is -2.79. The number of likely N-dealkylation sites (tertiary alicyclic amines) is 1. The van der Waals surface area contributed by atoms with Gasteiger partial charge in [0.1, 0.15) is 6.10 Å². The van der Waals surface area contributed by atoms with Crippen molar-refractivity contribution in [1.29, 1.82) is 5.26 Å². The molecular formula is C29H26F3N3O4. The second-order valence-electron chi connectivity index (χ2n) is 11.0. The lowest BCUT2D eigenvalue weighted by Gasteiger charge is -2.65. The Labute approximate surface area is 223 Å². The van der Waals surface area contributed by atoms with E-state index in [0.29, 0.717) is 25.0 Å². The number of amides is 1. The number of hydrogen-bond acceptors (Lipinski definition) is 6. The zero-order valence-electron chi connectivity index (χ0n) is 21.3. The molecule has 6 rings (SSSR count). The number of phenols is 1. The number of phenolic OH excluding ortho intramolecular Hbond substituents is 1. The van der Waals surface area contributed by atoms with Gasteiger partial charge in [-0.2, -0.15) is 18.4 Å². The van der Waals surface area contributed by atoms with Crippen LogP contribution in [0.1, 0.15) is 41.5 Å². The minimum absolute atomic E-state index is 0.0550. The van der Waals surface area contributed by atoms with Crippen molar-refractivity contribution in [1.82, 2.24) is 9.80 Å². The van der Waals surface area contributed by atoms with E-state index in [1.54, 1.807) is 13.1 Å². The molecule has 10 heteroatoms. The van der Waals surface area contributed by atoms with E-state index >= 15 is 0 Å². The molecule has 6 atom stereocenters. The van der Waals surface area contributed by atoms with E-state index in [0.717, 1.165) is 23.3 Å². The van der Waals surface area contributed by atoms with Crippen molar-refractivity contribution in [2.24, 2.45) is 0 Å². The van der Waals surface area contributed by atoms with Gasteiger partial charge in [0.15, 0.2) is 11.5 Å². The number of aliphatic hydroxyl groups is 1. The van der Waals surface area contributed by atoms with Crippen LogP contribution in [0.3, 0.4) is 0 Å². The number of piperidine rings is 1. The largest absolute Gasteiger partial charge is 0.504 e. The average Bonchev–Trinajstić information content (AvgIpc) is 3.25. The third kappa shape index (κ3) is 3.41. The molecule has 7 nitrogen and oxygen atoms in total. The Balaban J connectivity index is 1.36. The number of halogens is 3. The summed E-state index contributed by atoms with van der Waals surface area (Å²) < 4.78 is 45.0. The van der Waals surface area contributed by atoms with Gasteiger partial charge < -0.3 is 19.8 Å². The summed E-state index contributed by atoms with van der Waals surface area (Å²) in [6, 6.07) is 8.66. The monoisotopic (exact) mass is 537 g/mol. The fourth-order valence-corrected chi connectivity index (χ4v) is 7.40. The molecule has 2 aromatic rings. The number of carbonyl (C=O) groups excluding carboxylic acids is 1. The molecule has 2 aliphatic carbocycles. The number of carbonyl (C=O) groups is 1. The number of benzene rings is 2. The number of aromatic hydroxyl groups is 1. The van der Waals surface area contributed by atoms with E-state index < -0.39 is 46.9 Å². The third-order valence-electron chi connectivity index (χ3n) is 9.30. The Bertz CT molecular complexity index is 1470. The Morgan fingerprint density at radius 1 is 1.23 bits per heavy atom. The Kier molecular flexibility index (Phi) is 5.49. The first-order chi connectivity index (χ1) is 18.4. The minimum Gasteiger partial charge on any atom is -0.504 e. The zero-order chi connectivity index (χ0) is 27.9. The molecule has 1 saturated carbocycles. The van der Waals surface area contributed by atoms with E-state index in [2.05, 4.69) is 17.9 Å². The van der Waals surface area contributed by atoms with E-state index in [1.807, 2.05) is 18.0 Å². The van der Waals surface area contributed by atoms with Crippen LogP contribution in [-0.2, 0) is 22.8 Å². The van der Waals surface area contributed by atoms with Crippen LogP contribution < -0.4 is 4.74 Å².